The van der Waals surface area contributed by atoms with Gasteiger partial charge in [-0.3, -0.25) is 10.1 Å². The number of rotatable bonds is 8. The van der Waals surface area contributed by atoms with E-state index in [4.69, 9.17) is 5.73 Å². The molecule has 4 nitrogen and oxygen atoms in total. The van der Waals surface area contributed by atoms with Crippen LogP contribution < -0.4 is 16.4 Å². The van der Waals surface area contributed by atoms with Gasteiger partial charge in [0.05, 0.1) is 11.7 Å². The Morgan fingerprint density at radius 3 is 2.21 bits per heavy atom. The first-order chi connectivity index (χ1) is 11.1. The Balaban J connectivity index is 3.00. The van der Waals surface area contributed by atoms with Gasteiger partial charge >= 0.3 is 0 Å². The van der Waals surface area contributed by atoms with Crippen molar-refractivity contribution < 1.29 is 4.79 Å². The summed E-state index contributed by atoms with van der Waals surface area (Å²) in [4.78, 5) is 12.7. The molecule has 0 aliphatic carbocycles. The molecular weight excluding hydrogens is 298 g/mol. The Hall–Kier alpha value is -1.39. The van der Waals surface area contributed by atoms with Crippen molar-refractivity contribution >= 4 is 5.91 Å². The van der Waals surface area contributed by atoms with Gasteiger partial charge in [-0.1, -0.05) is 71.9 Å². The van der Waals surface area contributed by atoms with Crippen molar-refractivity contribution in [2.24, 2.45) is 17.1 Å². The average Bonchev–Trinajstić information content (AvgIpc) is 2.51. The highest BCUT2D eigenvalue weighted by molar-refractivity contribution is 5.83. The summed E-state index contributed by atoms with van der Waals surface area (Å²) in [6.45, 7) is 13.2. The van der Waals surface area contributed by atoms with Crippen molar-refractivity contribution in [1.29, 1.82) is 0 Å². The molecule has 0 radical (unpaired) electrons. The van der Waals surface area contributed by atoms with Gasteiger partial charge in [0.2, 0.25) is 5.91 Å². The first-order valence-corrected chi connectivity index (χ1v) is 8.96. The van der Waals surface area contributed by atoms with Crippen molar-refractivity contribution in [3.63, 3.8) is 0 Å². The van der Waals surface area contributed by atoms with Gasteiger partial charge in [-0.15, -0.1) is 0 Å². The number of hydrogen-bond donors (Lipinski definition) is 3. The van der Waals surface area contributed by atoms with Crippen molar-refractivity contribution in [2.45, 2.75) is 66.1 Å². The van der Waals surface area contributed by atoms with Crippen LogP contribution in [0, 0.1) is 11.3 Å². The normalized spacial score (nSPS) is 15.8. The van der Waals surface area contributed by atoms with E-state index in [0.29, 0.717) is 5.92 Å². The van der Waals surface area contributed by atoms with Gasteiger partial charge in [-0.25, -0.2) is 0 Å². The lowest BCUT2D eigenvalue weighted by molar-refractivity contribution is -0.127. The largest absolute Gasteiger partial charge is 0.336 e. The van der Waals surface area contributed by atoms with Crippen LogP contribution in [0.5, 0.6) is 0 Å². The minimum Gasteiger partial charge on any atom is -0.336 e. The molecule has 1 rings (SSSR count). The molecule has 0 heterocycles. The van der Waals surface area contributed by atoms with Gasteiger partial charge < -0.3 is 11.1 Å². The van der Waals surface area contributed by atoms with E-state index >= 15 is 0 Å². The molecule has 24 heavy (non-hydrogen) atoms. The van der Waals surface area contributed by atoms with Crippen molar-refractivity contribution in [1.82, 2.24) is 10.6 Å². The molecule has 0 aliphatic heterocycles. The van der Waals surface area contributed by atoms with Crippen LogP contribution in [0.2, 0.25) is 0 Å². The Morgan fingerprint density at radius 2 is 1.75 bits per heavy atom. The molecular formula is C20H35N3O. The van der Waals surface area contributed by atoms with Crippen LogP contribution in [0.25, 0.3) is 0 Å². The highest BCUT2D eigenvalue weighted by Crippen LogP contribution is 2.20. The third-order valence-electron chi connectivity index (χ3n) is 4.38. The summed E-state index contributed by atoms with van der Waals surface area (Å²) in [6.07, 6.45) is 1.52. The lowest BCUT2D eigenvalue weighted by atomic mass is 9.86. The van der Waals surface area contributed by atoms with Gasteiger partial charge in [0, 0.05) is 6.42 Å². The topological polar surface area (TPSA) is 67.1 Å². The number of hydrogen-bond acceptors (Lipinski definition) is 3. The zero-order valence-electron chi connectivity index (χ0n) is 16.1. The molecule has 4 heteroatoms. The second-order valence-electron chi connectivity index (χ2n) is 8.21. The van der Waals surface area contributed by atoms with Gasteiger partial charge in [0.1, 0.15) is 0 Å². The maximum Gasteiger partial charge on any atom is 0.238 e. The monoisotopic (exact) mass is 333 g/mol. The zero-order valence-corrected chi connectivity index (χ0v) is 16.1. The SMILES string of the molecule is CC[C@](Cc1ccccc1)(NCC(C)C)NC(=O)[C@@H](N)C(C)(C)C. The minimum absolute atomic E-state index is 0.100. The molecule has 136 valence electrons. The molecule has 0 unspecified atom stereocenters. The molecule has 4 N–H and O–H groups in total. The lowest BCUT2D eigenvalue weighted by Gasteiger charge is -2.38. The van der Waals surface area contributed by atoms with Crippen LogP contribution in [-0.4, -0.2) is 24.2 Å². The molecule has 0 aromatic heterocycles. The van der Waals surface area contributed by atoms with E-state index in [1.54, 1.807) is 0 Å². The maximum atomic E-state index is 12.7. The van der Waals surface area contributed by atoms with E-state index in [9.17, 15) is 4.79 Å². The summed E-state index contributed by atoms with van der Waals surface area (Å²) < 4.78 is 0. The molecule has 1 aromatic rings. The Morgan fingerprint density at radius 1 is 1.17 bits per heavy atom. The number of nitrogens with two attached hydrogens (primary N) is 1. The summed E-state index contributed by atoms with van der Waals surface area (Å²) in [5.41, 5.74) is 6.61. The first-order valence-electron chi connectivity index (χ1n) is 8.96. The van der Waals surface area contributed by atoms with Crippen molar-refractivity contribution in [2.75, 3.05) is 6.54 Å². The van der Waals surface area contributed by atoms with E-state index in [2.05, 4.69) is 43.5 Å². The van der Waals surface area contributed by atoms with Gasteiger partial charge in [-0.05, 0) is 29.9 Å². The molecule has 1 aromatic carbocycles. The lowest BCUT2D eigenvalue weighted by Crippen LogP contribution is -2.64. The van der Waals surface area contributed by atoms with Gasteiger partial charge in [0.25, 0.3) is 0 Å². The quantitative estimate of drug-likeness (QED) is 0.641. The number of amides is 1. The Kier molecular flexibility index (Phi) is 7.43. The van der Waals surface area contributed by atoms with E-state index in [0.717, 1.165) is 19.4 Å². The number of benzene rings is 1. The molecule has 0 fully saturated rings. The predicted octanol–water partition coefficient (Wildman–Crippen LogP) is 3.07. The number of nitrogens with one attached hydrogen (secondary N) is 2. The number of carbonyl (C=O) groups is 1. The van der Waals surface area contributed by atoms with Gasteiger partial charge in [0.15, 0.2) is 0 Å². The summed E-state index contributed by atoms with van der Waals surface area (Å²) >= 11 is 0. The first kappa shape index (κ1) is 20.7. The van der Waals surface area contributed by atoms with Crippen LogP contribution in [0.15, 0.2) is 30.3 Å². The molecule has 0 spiro atoms. The van der Waals surface area contributed by atoms with Crippen LogP contribution in [0.1, 0.15) is 53.5 Å². The number of carbonyl (C=O) groups excluding carboxylic acids is 1. The molecule has 0 aliphatic rings. The summed E-state index contributed by atoms with van der Waals surface area (Å²) in [5.74, 6) is 0.399. The highest BCUT2D eigenvalue weighted by Gasteiger charge is 2.35. The summed E-state index contributed by atoms with van der Waals surface area (Å²) in [6, 6.07) is 9.71. The molecule has 2 atom stereocenters. The van der Waals surface area contributed by atoms with Crippen LogP contribution >= 0.6 is 0 Å². The van der Waals surface area contributed by atoms with E-state index in [1.807, 2.05) is 39.0 Å². The van der Waals surface area contributed by atoms with E-state index in [-0.39, 0.29) is 11.3 Å². The second kappa shape index (κ2) is 8.63. The van der Waals surface area contributed by atoms with E-state index < -0.39 is 11.7 Å². The van der Waals surface area contributed by atoms with Crippen LogP contribution in [0.4, 0.5) is 0 Å². The van der Waals surface area contributed by atoms with Crippen molar-refractivity contribution in [3.8, 4) is 0 Å². The van der Waals surface area contributed by atoms with Crippen LogP contribution in [0.3, 0.4) is 0 Å². The Bertz CT molecular complexity index is 507. The standard InChI is InChI=1S/C20H35N3O/c1-7-20(22-14-15(2)3,13-16-11-9-8-10-12-16)23-18(24)17(21)19(4,5)6/h8-12,15,17,22H,7,13-14,21H2,1-6H3,(H,23,24)/t17-,20+/m1/s1. The highest BCUT2D eigenvalue weighted by atomic mass is 16.2. The predicted molar refractivity (Wildman–Crippen MR) is 102 cm³/mol. The van der Waals surface area contributed by atoms with Gasteiger partial charge in [-0.2, -0.15) is 0 Å². The molecule has 0 bridgehead atoms. The van der Waals surface area contributed by atoms with Crippen LogP contribution in [-0.2, 0) is 11.2 Å². The maximum absolute atomic E-state index is 12.7. The Labute approximate surface area is 147 Å². The molecule has 0 saturated heterocycles. The fraction of sp³-hybridized carbons (Fsp3) is 0.650. The average molecular weight is 334 g/mol. The molecule has 0 saturated carbocycles. The van der Waals surface area contributed by atoms with E-state index in [1.165, 1.54) is 5.56 Å². The molecule has 1 amide bonds. The third-order valence-corrected chi connectivity index (χ3v) is 4.38. The smallest absolute Gasteiger partial charge is 0.238 e. The third kappa shape index (κ3) is 6.25. The summed E-state index contributed by atoms with van der Waals surface area (Å²) in [7, 11) is 0. The fourth-order valence-electron chi connectivity index (χ4n) is 2.54. The summed E-state index contributed by atoms with van der Waals surface area (Å²) in [5, 5.41) is 6.80. The van der Waals surface area contributed by atoms with Crippen molar-refractivity contribution in [3.05, 3.63) is 35.9 Å². The zero-order chi connectivity index (χ0) is 18.4. The fourth-order valence-corrected chi connectivity index (χ4v) is 2.54. The second-order valence-corrected chi connectivity index (χ2v) is 8.21. The minimum atomic E-state index is -0.542.